The second-order valence-corrected chi connectivity index (χ2v) is 14.1. The summed E-state index contributed by atoms with van der Waals surface area (Å²) >= 11 is 7.54. The molecule has 0 aromatic carbocycles. The van der Waals surface area contributed by atoms with Gasteiger partial charge in [-0.1, -0.05) is 0 Å². The molecule has 220 valence electrons. The van der Waals surface area contributed by atoms with Gasteiger partial charge in [-0.25, -0.2) is 19.6 Å². The van der Waals surface area contributed by atoms with Crippen molar-refractivity contribution in [1.29, 1.82) is 0 Å². The molecule has 4 bridgehead atoms. The predicted molar refractivity (Wildman–Crippen MR) is 155 cm³/mol. The van der Waals surface area contributed by atoms with Crippen molar-refractivity contribution in [2.24, 2.45) is 0 Å². The SMILES string of the molecule is CC(C)(C)OC(=O)N1C2CCC1CN(c1nc(Cl)nc3scnc13)C2.CC(C)(C)OC(=O)N1C2CCC1CNC2. The van der Waals surface area contributed by atoms with Crippen LogP contribution in [0.25, 0.3) is 10.3 Å². The molecule has 4 saturated heterocycles. The fourth-order valence-electron chi connectivity index (χ4n) is 6.02. The zero-order valence-electron chi connectivity index (χ0n) is 24.1. The molecular weight excluding hydrogens is 554 g/mol. The van der Waals surface area contributed by atoms with Crippen molar-refractivity contribution in [3.63, 3.8) is 0 Å². The van der Waals surface area contributed by atoms with Gasteiger partial charge in [0.25, 0.3) is 0 Å². The maximum Gasteiger partial charge on any atom is 0.410 e. The van der Waals surface area contributed by atoms with Gasteiger partial charge in [-0.05, 0) is 78.8 Å². The van der Waals surface area contributed by atoms with E-state index in [4.69, 9.17) is 21.1 Å². The summed E-state index contributed by atoms with van der Waals surface area (Å²) in [5.74, 6) is 0.761. The molecule has 4 unspecified atom stereocenters. The van der Waals surface area contributed by atoms with Crippen LogP contribution in [0.15, 0.2) is 5.51 Å². The van der Waals surface area contributed by atoms with Crippen molar-refractivity contribution in [2.75, 3.05) is 31.1 Å². The summed E-state index contributed by atoms with van der Waals surface area (Å²) in [6.07, 6.45) is 3.79. The Balaban J connectivity index is 0.000000184. The highest BCUT2D eigenvalue weighted by Crippen LogP contribution is 2.36. The maximum absolute atomic E-state index is 12.6. The van der Waals surface area contributed by atoms with E-state index in [1.54, 1.807) is 5.51 Å². The molecule has 6 heterocycles. The third-order valence-electron chi connectivity index (χ3n) is 7.52. The van der Waals surface area contributed by atoms with E-state index in [2.05, 4.69) is 25.2 Å². The lowest BCUT2D eigenvalue weighted by Crippen LogP contribution is -2.57. The molecule has 0 aliphatic carbocycles. The van der Waals surface area contributed by atoms with Crippen LogP contribution in [0.4, 0.5) is 15.4 Å². The van der Waals surface area contributed by atoms with Gasteiger partial charge in [0, 0.05) is 38.3 Å². The van der Waals surface area contributed by atoms with Crippen LogP contribution < -0.4 is 10.2 Å². The van der Waals surface area contributed by atoms with Gasteiger partial charge in [0.05, 0.1) is 17.6 Å². The number of hydrogen-bond acceptors (Lipinski definition) is 10. The number of nitrogens with zero attached hydrogens (tertiary/aromatic N) is 6. The average Bonchev–Trinajstić information content (AvgIpc) is 3.49. The molecule has 2 aromatic heterocycles. The molecule has 13 heteroatoms. The summed E-state index contributed by atoms with van der Waals surface area (Å²) in [7, 11) is 0. The normalized spacial score (nSPS) is 26.0. The summed E-state index contributed by atoms with van der Waals surface area (Å²) in [5, 5.41) is 3.58. The number of hydrogen-bond donors (Lipinski definition) is 1. The van der Waals surface area contributed by atoms with Gasteiger partial charge in [0.2, 0.25) is 5.28 Å². The minimum atomic E-state index is -0.486. The van der Waals surface area contributed by atoms with E-state index in [0.29, 0.717) is 25.2 Å². The predicted octanol–water partition coefficient (Wildman–Crippen LogP) is 4.69. The topological polar surface area (TPSA) is 113 Å². The highest BCUT2D eigenvalue weighted by molar-refractivity contribution is 7.16. The van der Waals surface area contributed by atoms with Crippen molar-refractivity contribution in [3.8, 4) is 0 Å². The molecule has 6 rings (SSSR count). The van der Waals surface area contributed by atoms with Crippen LogP contribution in [0, 0.1) is 0 Å². The fraction of sp³-hybridized carbons (Fsp3) is 0.741. The first-order valence-corrected chi connectivity index (χ1v) is 15.3. The van der Waals surface area contributed by atoms with Gasteiger partial charge in [0.1, 0.15) is 16.7 Å². The van der Waals surface area contributed by atoms with E-state index in [9.17, 15) is 9.59 Å². The summed E-state index contributed by atoms with van der Waals surface area (Å²) in [6.45, 7) is 14.6. The first kappa shape index (κ1) is 29.1. The lowest BCUT2D eigenvalue weighted by molar-refractivity contribution is 0.00973. The summed E-state index contributed by atoms with van der Waals surface area (Å²) in [5.41, 5.74) is 1.66. The third-order valence-corrected chi connectivity index (χ3v) is 8.41. The molecule has 2 aromatic rings. The molecule has 0 spiro atoms. The summed E-state index contributed by atoms with van der Waals surface area (Å²) in [4.78, 5) is 44.4. The van der Waals surface area contributed by atoms with Crippen LogP contribution >= 0.6 is 22.9 Å². The second-order valence-electron chi connectivity index (χ2n) is 12.9. The molecule has 11 nitrogen and oxygen atoms in total. The van der Waals surface area contributed by atoms with Gasteiger partial charge in [-0.2, -0.15) is 4.98 Å². The minimum absolute atomic E-state index is 0.121. The van der Waals surface area contributed by atoms with Crippen LogP contribution in [-0.2, 0) is 9.47 Å². The number of carbonyl (C=O) groups excluding carboxylic acids is 2. The number of amides is 2. The number of rotatable bonds is 1. The fourth-order valence-corrected chi connectivity index (χ4v) is 6.89. The quantitative estimate of drug-likeness (QED) is 0.471. The van der Waals surface area contributed by atoms with E-state index in [0.717, 1.165) is 54.9 Å². The number of piperazine rings is 2. The molecular formula is C27H40ClN7O4S. The lowest BCUT2D eigenvalue weighted by atomic mass is 10.2. The number of fused-ring (bicyclic) bond motifs is 5. The molecule has 4 fully saturated rings. The van der Waals surface area contributed by atoms with E-state index < -0.39 is 5.60 Å². The Labute approximate surface area is 244 Å². The Kier molecular flexibility index (Phi) is 8.06. The smallest absolute Gasteiger partial charge is 0.410 e. The van der Waals surface area contributed by atoms with Crippen molar-refractivity contribution in [2.45, 2.75) is 103 Å². The van der Waals surface area contributed by atoms with Gasteiger partial charge in [0.15, 0.2) is 10.6 Å². The van der Waals surface area contributed by atoms with Crippen LogP contribution in [0.2, 0.25) is 5.28 Å². The number of thiazole rings is 1. The number of aromatic nitrogens is 3. The van der Waals surface area contributed by atoms with E-state index in [1.807, 2.05) is 51.3 Å². The van der Waals surface area contributed by atoms with Crippen molar-refractivity contribution >= 4 is 51.3 Å². The number of anilines is 1. The van der Waals surface area contributed by atoms with Crippen molar-refractivity contribution in [3.05, 3.63) is 10.8 Å². The number of carbonyl (C=O) groups is 2. The number of halogens is 1. The second kappa shape index (κ2) is 11.1. The monoisotopic (exact) mass is 593 g/mol. The Bertz CT molecular complexity index is 1220. The first-order chi connectivity index (χ1) is 18.8. The molecule has 4 atom stereocenters. The average molecular weight is 594 g/mol. The third kappa shape index (κ3) is 6.38. The molecule has 4 aliphatic rings. The molecule has 0 saturated carbocycles. The summed E-state index contributed by atoms with van der Waals surface area (Å²) in [6, 6.07) is 0.934. The molecule has 40 heavy (non-hydrogen) atoms. The Hall–Kier alpha value is -2.44. The van der Waals surface area contributed by atoms with E-state index in [-0.39, 0.29) is 35.2 Å². The highest BCUT2D eigenvalue weighted by atomic mass is 35.5. The van der Waals surface area contributed by atoms with Crippen molar-refractivity contribution in [1.82, 2.24) is 30.1 Å². The largest absolute Gasteiger partial charge is 0.444 e. The highest BCUT2D eigenvalue weighted by Gasteiger charge is 2.45. The van der Waals surface area contributed by atoms with Crippen molar-refractivity contribution < 1.29 is 19.1 Å². The number of nitrogens with one attached hydrogen (secondary N) is 1. The Morgan fingerprint density at radius 3 is 1.90 bits per heavy atom. The van der Waals surface area contributed by atoms with E-state index in [1.165, 1.54) is 11.3 Å². The standard InChI is InChI=1S/C16H20ClN5O2S.C11H20N2O2/c1-16(2,3)24-15(23)22-9-4-5-10(22)7-21(6-9)12-11-13(25-8-18-11)20-14(17)19-12;1-11(2,3)15-10(14)13-8-4-5-9(13)7-12-6-8/h8-10H,4-7H2,1-3H3;8-9,12H,4-7H2,1-3H3. The lowest BCUT2D eigenvalue weighted by Gasteiger charge is -2.41. The summed E-state index contributed by atoms with van der Waals surface area (Å²) < 4.78 is 11.0. The molecule has 1 N–H and O–H groups in total. The molecule has 2 amide bonds. The molecule has 0 radical (unpaired) electrons. The minimum Gasteiger partial charge on any atom is -0.444 e. The Morgan fingerprint density at radius 1 is 0.875 bits per heavy atom. The van der Waals surface area contributed by atoms with Gasteiger partial charge >= 0.3 is 12.2 Å². The first-order valence-electron chi connectivity index (χ1n) is 14.0. The van der Waals surface area contributed by atoms with Crippen LogP contribution in [0.3, 0.4) is 0 Å². The maximum atomic E-state index is 12.6. The van der Waals surface area contributed by atoms with Gasteiger partial charge < -0.3 is 19.7 Å². The van der Waals surface area contributed by atoms with Gasteiger partial charge in [-0.15, -0.1) is 11.3 Å². The van der Waals surface area contributed by atoms with Crippen LogP contribution in [0.5, 0.6) is 0 Å². The zero-order valence-corrected chi connectivity index (χ0v) is 25.7. The van der Waals surface area contributed by atoms with Gasteiger partial charge in [-0.3, -0.25) is 9.80 Å². The van der Waals surface area contributed by atoms with E-state index >= 15 is 0 Å². The molecule has 4 aliphatic heterocycles. The number of ether oxygens (including phenoxy) is 2. The van der Waals surface area contributed by atoms with Crippen LogP contribution in [0.1, 0.15) is 67.2 Å². The Morgan fingerprint density at radius 2 is 1.38 bits per heavy atom. The van der Waals surface area contributed by atoms with Crippen LogP contribution in [-0.4, -0.2) is 98.5 Å². The zero-order chi connectivity index (χ0) is 28.8.